The highest BCUT2D eigenvalue weighted by molar-refractivity contribution is 7.89. The van der Waals surface area contributed by atoms with Gasteiger partial charge < -0.3 is 14.7 Å². The molecule has 0 saturated carbocycles. The molecule has 0 unspecified atom stereocenters. The summed E-state index contributed by atoms with van der Waals surface area (Å²) in [5.41, 5.74) is 0. The van der Waals surface area contributed by atoms with Crippen molar-refractivity contribution in [1.29, 1.82) is 0 Å². The van der Waals surface area contributed by atoms with Gasteiger partial charge in [-0.2, -0.15) is 0 Å². The van der Waals surface area contributed by atoms with E-state index in [0.29, 0.717) is 19.6 Å². The standard InChI is InChI=1S/C9H18N2O5S/c10-17(14,15)6-5-11-3-1-8(2-4-11)16-7-9(12)13/h8H,1-7H2,(H,12,13)(H2,10,14,15). The van der Waals surface area contributed by atoms with Crippen molar-refractivity contribution in [3.05, 3.63) is 0 Å². The predicted octanol–water partition coefficient (Wildman–Crippen LogP) is -1.16. The number of rotatable bonds is 6. The Hall–Kier alpha value is -0.700. The lowest BCUT2D eigenvalue weighted by Gasteiger charge is -2.31. The number of hydrogen-bond donors (Lipinski definition) is 2. The third-order valence-electron chi connectivity index (χ3n) is 2.67. The molecule has 0 aromatic carbocycles. The number of ether oxygens (including phenoxy) is 1. The number of sulfonamides is 1. The predicted molar refractivity (Wildman–Crippen MR) is 61.0 cm³/mol. The number of primary sulfonamides is 1. The molecule has 0 bridgehead atoms. The molecular weight excluding hydrogens is 248 g/mol. The lowest BCUT2D eigenvalue weighted by atomic mass is 10.1. The number of piperidine rings is 1. The van der Waals surface area contributed by atoms with Crippen LogP contribution in [0.1, 0.15) is 12.8 Å². The lowest BCUT2D eigenvalue weighted by molar-refractivity contribution is -0.145. The molecule has 100 valence electrons. The summed E-state index contributed by atoms with van der Waals surface area (Å²) in [4.78, 5) is 12.3. The Bertz CT molecular complexity index is 348. The van der Waals surface area contributed by atoms with Gasteiger partial charge in [0.25, 0.3) is 0 Å². The van der Waals surface area contributed by atoms with Crippen molar-refractivity contribution in [3.63, 3.8) is 0 Å². The summed E-state index contributed by atoms with van der Waals surface area (Å²) in [6.45, 7) is 1.56. The van der Waals surface area contributed by atoms with E-state index in [2.05, 4.69) is 0 Å². The topological polar surface area (TPSA) is 110 Å². The van der Waals surface area contributed by atoms with Crippen LogP contribution in [0.2, 0.25) is 0 Å². The number of carboxylic acids is 1. The van der Waals surface area contributed by atoms with E-state index in [1.807, 2.05) is 4.90 Å². The highest BCUT2D eigenvalue weighted by atomic mass is 32.2. The molecule has 0 radical (unpaired) electrons. The van der Waals surface area contributed by atoms with Crippen molar-refractivity contribution in [2.75, 3.05) is 32.0 Å². The molecule has 7 nitrogen and oxygen atoms in total. The minimum atomic E-state index is -3.41. The fourth-order valence-electron chi connectivity index (χ4n) is 1.75. The number of carboxylic acid groups (broad SMARTS) is 1. The average molecular weight is 266 g/mol. The van der Waals surface area contributed by atoms with Crippen molar-refractivity contribution in [2.45, 2.75) is 18.9 Å². The number of carbonyl (C=O) groups is 1. The summed E-state index contributed by atoms with van der Waals surface area (Å²) in [6.07, 6.45) is 1.40. The zero-order chi connectivity index (χ0) is 12.9. The van der Waals surface area contributed by atoms with Gasteiger partial charge in [-0.1, -0.05) is 0 Å². The molecule has 0 atom stereocenters. The molecule has 0 amide bonds. The maximum absolute atomic E-state index is 10.8. The zero-order valence-corrected chi connectivity index (χ0v) is 10.4. The van der Waals surface area contributed by atoms with Crippen LogP contribution in [0.4, 0.5) is 0 Å². The van der Waals surface area contributed by atoms with Gasteiger partial charge in [0, 0.05) is 19.6 Å². The van der Waals surface area contributed by atoms with E-state index in [4.69, 9.17) is 15.0 Å². The Balaban J connectivity index is 2.19. The Kier molecular flexibility index (Phi) is 5.31. The summed E-state index contributed by atoms with van der Waals surface area (Å²) in [5, 5.41) is 13.4. The molecule has 0 aromatic heterocycles. The quantitative estimate of drug-likeness (QED) is 0.627. The molecule has 1 saturated heterocycles. The fraction of sp³-hybridized carbons (Fsp3) is 0.889. The summed E-state index contributed by atoms with van der Waals surface area (Å²) in [5.74, 6) is -1.02. The number of nitrogens with zero attached hydrogens (tertiary/aromatic N) is 1. The second kappa shape index (κ2) is 6.29. The van der Waals surface area contributed by atoms with Crippen LogP contribution in [-0.2, 0) is 19.6 Å². The van der Waals surface area contributed by atoms with E-state index in [-0.39, 0.29) is 18.5 Å². The van der Waals surface area contributed by atoms with E-state index in [1.54, 1.807) is 0 Å². The molecule has 0 spiro atoms. The average Bonchev–Trinajstić information content (AvgIpc) is 2.24. The first-order valence-corrected chi connectivity index (χ1v) is 7.14. The molecule has 0 aromatic rings. The molecule has 1 heterocycles. The summed E-state index contributed by atoms with van der Waals surface area (Å²) in [7, 11) is -3.41. The molecule has 1 aliphatic heterocycles. The van der Waals surface area contributed by atoms with Crippen molar-refractivity contribution >= 4 is 16.0 Å². The van der Waals surface area contributed by atoms with Crippen LogP contribution in [0.15, 0.2) is 0 Å². The van der Waals surface area contributed by atoms with Crippen LogP contribution < -0.4 is 5.14 Å². The van der Waals surface area contributed by atoms with E-state index in [9.17, 15) is 13.2 Å². The van der Waals surface area contributed by atoms with Crippen LogP contribution >= 0.6 is 0 Å². The number of likely N-dealkylation sites (tertiary alicyclic amines) is 1. The van der Waals surface area contributed by atoms with Gasteiger partial charge in [-0.15, -0.1) is 0 Å². The summed E-state index contributed by atoms with van der Waals surface area (Å²) < 4.78 is 26.7. The second-order valence-electron chi connectivity index (χ2n) is 4.11. The molecule has 1 rings (SSSR count). The van der Waals surface area contributed by atoms with Crippen LogP contribution in [0, 0.1) is 0 Å². The second-order valence-corrected chi connectivity index (χ2v) is 5.85. The normalized spacial score (nSPS) is 19.4. The van der Waals surface area contributed by atoms with E-state index in [0.717, 1.165) is 12.8 Å². The van der Waals surface area contributed by atoms with Gasteiger partial charge in [-0.25, -0.2) is 18.4 Å². The third-order valence-corrected chi connectivity index (χ3v) is 3.42. The molecule has 1 fully saturated rings. The van der Waals surface area contributed by atoms with Gasteiger partial charge in [0.05, 0.1) is 11.9 Å². The monoisotopic (exact) mass is 266 g/mol. The Morgan fingerprint density at radius 3 is 2.47 bits per heavy atom. The number of hydrogen-bond acceptors (Lipinski definition) is 5. The SMILES string of the molecule is NS(=O)(=O)CCN1CCC(OCC(=O)O)CC1. The molecule has 1 aliphatic rings. The van der Waals surface area contributed by atoms with Gasteiger partial charge in [0.1, 0.15) is 6.61 Å². The largest absolute Gasteiger partial charge is 0.480 e. The molecule has 3 N–H and O–H groups in total. The maximum atomic E-state index is 10.8. The van der Waals surface area contributed by atoms with Crippen LogP contribution in [-0.4, -0.2) is 62.5 Å². The zero-order valence-electron chi connectivity index (χ0n) is 9.54. The summed E-state index contributed by atoms with van der Waals surface area (Å²) >= 11 is 0. The van der Waals surface area contributed by atoms with Crippen molar-refractivity contribution in [1.82, 2.24) is 4.90 Å². The maximum Gasteiger partial charge on any atom is 0.329 e. The third kappa shape index (κ3) is 6.57. The van der Waals surface area contributed by atoms with Gasteiger partial charge in [0.2, 0.25) is 10.0 Å². The first-order valence-electron chi connectivity index (χ1n) is 5.43. The van der Waals surface area contributed by atoms with Gasteiger partial charge in [-0.3, -0.25) is 0 Å². The minimum absolute atomic E-state index is 0.0446. The molecule has 8 heteroatoms. The van der Waals surface area contributed by atoms with Crippen LogP contribution in [0.3, 0.4) is 0 Å². The molecule has 17 heavy (non-hydrogen) atoms. The lowest BCUT2D eigenvalue weighted by Crippen LogP contribution is -2.40. The number of aliphatic carboxylic acids is 1. The Morgan fingerprint density at radius 2 is 2.00 bits per heavy atom. The van der Waals surface area contributed by atoms with Gasteiger partial charge in [0.15, 0.2) is 0 Å². The van der Waals surface area contributed by atoms with Crippen LogP contribution in [0.25, 0.3) is 0 Å². The fourth-order valence-corrected chi connectivity index (χ4v) is 2.26. The van der Waals surface area contributed by atoms with Crippen molar-refractivity contribution in [3.8, 4) is 0 Å². The van der Waals surface area contributed by atoms with E-state index < -0.39 is 16.0 Å². The smallest absolute Gasteiger partial charge is 0.329 e. The molecular formula is C9H18N2O5S. The first-order chi connectivity index (χ1) is 7.87. The Labute approximate surface area is 101 Å². The van der Waals surface area contributed by atoms with E-state index >= 15 is 0 Å². The summed E-state index contributed by atoms with van der Waals surface area (Å²) in [6, 6.07) is 0. The Morgan fingerprint density at radius 1 is 1.41 bits per heavy atom. The highest BCUT2D eigenvalue weighted by Crippen LogP contribution is 2.13. The van der Waals surface area contributed by atoms with Gasteiger partial charge in [-0.05, 0) is 12.8 Å². The van der Waals surface area contributed by atoms with Crippen molar-refractivity contribution in [2.24, 2.45) is 5.14 Å². The minimum Gasteiger partial charge on any atom is -0.480 e. The van der Waals surface area contributed by atoms with E-state index in [1.165, 1.54) is 0 Å². The number of nitrogens with two attached hydrogens (primary N) is 1. The van der Waals surface area contributed by atoms with Crippen LogP contribution in [0.5, 0.6) is 0 Å². The molecule has 0 aliphatic carbocycles. The van der Waals surface area contributed by atoms with Crippen molar-refractivity contribution < 1.29 is 23.1 Å². The highest BCUT2D eigenvalue weighted by Gasteiger charge is 2.20. The van der Waals surface area contributed by atoms with Gasteiger partial charge >= 0.3 is 5.97 Å². The first kappa shape index (κ1) is 14.4.